The summed E-state index contributed by atoms with van der Waals surface area (Å²) in [5, 5.41) is 20.3. The Bertz CT molecular complexity index is 1010. The Morgan fingerprint density at radius 3 is 2.41 bits per heavy atom. The Labute approximate surface area is 156 Å². The van der Waals surface area contributed by atoms with E-state index in [1.807, 2.05) is 42.8 Å². The van der Waals surface area contributed by atoms with Crippen molar-refractivity contribution in [3.05, 3.63) is 64.2 Å². The number of hydrogen-bond acceptors (Lipinski definition) is 4. The van der Waals surface area contributed by atoms with Crippen LogP contribution in [0.25, 0.3) is 0 Å². The molecule has 8 heteroatoms. The normalized spacial score (nSPS) is 10.8. The highest BCUT2D eigenvalue weighted by Gasteiger charge is 2.23. The predicted octanol–water partition coefficient (Wildman–Crippen LogP) is 2.54. The molecule has 140 valence electrons. The average molecular weight is 367 g/mol. The van der Waals surface area contributed by atoms with Gasteiger partial charge in [0.1, 0.15) is 0 Å². The van der Waals surface area contributed by atoms with E-state index >= 15 is 0 Å². The predicted molar refractivity (Wildman–Crippen MR) is 100 cm³/mol. The Morgan fingerprint density at radius 2 is 1.78 bits per heavy atom. The number of carboxylic acids is 1. The molecule has 0 aliphatic heterocycles. The molecule has 2 N–H and O–H groups in total. The molecule has 27 heavy (non-hydrogen) atoms. The van der Waals surface area contributed by atoms with Gasteiger partial charge < -0.3 is 10.4 Å². The summed E-state index contributed by atoms with van der Waals surface area (Å²) in [5.74, 6) is -1.77. The molecule has 8 nitrogen and oxygen atoms in total. The summed E-state index contributed by atoms with van der Waals surface area (Å²) in [6.45, 7) is 6.28. The number of aryl methyl sites for hydroxylation is 3. The van der Waals surface area contributed by atoms with Crippen LogP contribution in [-0.4, -0.2) is 36.5 Å². The first-order chi connectivity index (χ1) is 12.8. The van der Waals surface area contributed by atoms with Crippen LogP contribution in [0.15, 0.2) is 30.5 Å². The lowest BCUT2D eigenvalue weighted by molar-refractivity contribution is 0.0685. The average Bonchev–Trinajstić information content (AvgIpc) is 3.12. The maximum Gasteiger partial charge on any atom is 0.357 e. The van der Waals surface area contributed by atoms with Crippen LogP contribution in [0.5, 0.6) is 0 Å². The quantitative estimate of drug-likeness (QED) is 0.721. The monoisotopic (exact) mass is 367 g/mol. The molecule has 0 radical (unpaired) electrons. The van der Waals surface area contributed by atoms with Gasteiger partial charge in [-0.1, -0.05) is 29.8 Å². The summed E-state index contributed by atoms with van der Waals surface area (Å²) in [4.78, 5) is 23.9. The standard InChI is InChI=1S/C19H21N5O3/c1-11-5-7-14(8-6-11)9-24-13(3)16(12(2)21-24)20-18(25)15-10-23(4)22-17(15)19(26)27/h5-8,10H,9H2,1-4H3,(H,20,25)(H,26,27). The fraction of sp³-hybridized carbons (Fsp3) is 0.263. The van der Waals surface area contributed by atoms with Crippen LogP contribution in [0.2, 0.25) is 0 Å². The minimum absolute atomic E-state index is 0.00934. The second-order valence-electron chi connectivity index (χ2n) is 6.51. The molecular formula is C19H21N5O3. The van der Waals surface area contributed by atoms with Crippen LogP contribution >= 0.6 is 0 Å². The van der Waals surface area contributed by atoms with Gasteiger partial charge in [0.05, 0.1) is 29.2 Å². The molecule has 1 aromatic carbocycles. The minimum Gasteiger partial charge on any atom is -0.476 e. The lowest BCUT2D eigenvalue weighted by Crippen LogP contribution is -2.16. The van der Waals surface area contributed by atoms with Gasteiger partial charge in [-0.25, -0.2) is 4.79 Å². The Balaban J connectivity index is 1.85. The Kier molecular flexibility index (Phi) is 4.81. The van der Waals surface area contributed by atoms with Crippen molar-refractivity contribution in [2.75, 3.05) is 5.32 Å². The van der Waals surface area contributed by atoms with Gasteiger partial charge in [-0.05, 0) is 26.3 Å². The van der Waals surface area contributed by atoms with Crippen molar-refractivity contribution >= 4 is 17.6 Å². The van der Waals surface area contributed by atoms with Crippen LogP contribution in [-0.2, 0) is 13.6 Å². The Morgan fingerprint density at radius 1 is 1.11 bits per heavy atom. The second kappa shape index (κ2) is 7.06. The molecule has 2 aromatic heterocycles. The molecule has 0 spiro atoms. The zero-order chi connectivity index (χ0) is 19.7. The highest BCUT2D eigenvalue weighted by molar-refractivity contribution is 6.10. The first kappa shape index (κ1) is 18.4. The number of nitrogens with one attached hydrogen (secondary N) is 1. The third-order valence-corrected chi connectivity index (χ3v) is 4.35. The maximum atomic E-state index is 12.6. The van der Waals surface area contributed by atoms with Gasteiger partial charge in [0.25, 0.3) is 5.91 Å². The van der Waals surface area contributed by atoms with Gasteiger partial charge in [-0.15, -0.1) is 0 Å². The summed E-state index contributed by atoms with van der Waals surface area (Å²) >= 11 is 0. The summed E-state index contributed by atoms with van der Waals surface area (Å²) in [7, 11) is 1.57. The number of benzene rings is 1. The van der Waals surface area contributed by atoms with Crippen molar-refractivity contribution < 1.29 is 14.7 Å². The van der Waals surface area contributed by atoms with Gasteiger partial charge in [-0.3, -0.25) is 14.2 Å². The van der Waals surface area contributed by atoms with Crippen LogP contribution < -0.4 is 5.32 Å². The number of amides is 1. The van der Waals surface area contributed by atoms with E-state index in [4.69, 9.17) is 0 Å². The number of aromatic nitrogens is 4. The molecule has 0 aliphatic carbocycles. The molecule has 0 atom stereocenters. The molecule has 3 rings (SSSR count). The molecule has 0 saturated carbocycles. The lowest BCUT2D eigenvalue weighted by Gasteiger charge is -2.07. The lowest BCUT2D eigenvalue weighted by atomic mass is 10.1. The number of rotatable bonds is 5. The smallest absolute Gasteiger partial charge is 0.357 e. The highest BCUT2D eigenvalue weighted by atomic mass is 16.4. The fourth-order valence-corrected chi connectivity index (χ4v) is 2.89. The van der Waals surface area contributed by atoms with Crippen molar-refractivity contribution in [1.29, 1.82) is 0 Å². The molecular weight excluding hydrogens is 346 g/mol. The highest BCUT2D eigenvalue weighted by Crippen LogP contribution is 2.22. The molecule has 2 heterocycles. The zero-order valence-electron chi connectivity index (χ0n) is 15.6. The first-order valence-electron chi connectivity index (χ1n) is 8.44. The van der Waals surface area contributed by atoms with Crippen LogP contribution in [0, 0.1) is 20.8 Å². The number of carboxylic acid groups (broad SMARTS) is 1. The van der Waals surface area contributed by atoms with Gasteiger partial charge >= 0.3 is 5.97 Å². The van der Waals surface area contributed by atoms with E-state index in [0.29, 0.717) is 17.9 Å². The van der Waals surface area contributed by atoms with E-state index in [0.717, 1.165) is 11.3 Å². The van der Waals surface area contributed by atoms with Crippen molar-refractivity contribution in [2.45, 2.75) is 27.3 Å². The fourth-order valence-electron chi connectivity index (χ4n) is 2.89. The van der Waals surface area contributed by atoms with E-state index < -0.39 is 11.9 Å². The molecule has 3 aromatic rings. The van der Waals surface area contributed by atoms with E-state index in [1.165, 1.54) is 16.4 Å². The summed E-state index contributed by atoms with van der Waals surface area (Å²) < 4.78 is 3.12. The number of carbonyl (C=O) groups excluding carboxylic acids is 1. The number of aromatic carboxylic acids is 1. The van der Waals surface area contributed by atoms with Crippen molar-refractivity contribution in [2.24, 2.45) is 7.05 Å². The van der Waals surface area contributed by atoms with Crippen LogP contribution in [0.1, 0.15) is 43.4 Å². The van der Waals surface area contributed by atoms with Gasteiger partial charge in [0.15, 0.2) is 5.69 Å². The van der Waals surface area contributed by atoms with E-state index in [-0.39, 0.29) is 11.3 Å². The molecule has 1 amide bonds. The molecule has 0 fully saturated rings. The largest absolute Gasteiger partial charge is 0.476 e. The second-order valence-corrected chi connectivity index (χ2v) is 6.51. The number of hydrogen-bond donors (Lipinski definition) is 2. The third kappa shape index (κ3) is 3.74. The van der Waals surface area contributed by atoms with Gasteiger partial charge in [-0.2, -0.15) is 10.2 Å². The summed E-state index contributed by atoms with van der Waals surface area (Å²) in [6, 6.07) is 8.16. The maximum absolute atomic E-state index is 12.6. The summed E-state index contributed by atoms with van der Waals surface area (Å²) in [6.07, 6.45) is 1.39. The summed E-state index contributed by atoms with van der Waals surface area (Å²) in [5.41, 5.74) is 4.05. The minimum atomic E-state index is -1.25. The van der Waals surface area contributed by atoms with E-state index in [9.17, 15) is 14.7 Å². The number of nitrogens with zero attached hydrogens (tertiary/aromatic N) is 4. The zero-order valence-corrected chi connectivity index (χ0v) is 15.6. The van der Waals surface area contributed by atoms with Crippen LogP contribution in [0.3, 0.4) is 0 Å². The van der Waals surface area contributed by atoms with Crippen molar-refractivity contribution in [3.63, 3.8) is 0 Å². The van der Waals surface area contributed by atoms with E-state index in [2.05, 4.69) is 15.5 Å². The number of anilines is 1. The van der Waals surface area contributed by atoms with Gasteiger partial charge in [0, 0.05) is 13.2 Å². The van der Waals surface area contributed by atoms with Crippen molar-refractivity contribution in [3.8, 4) is 0 Å². The molecule has 0 bridgehead atoms. The molecule has 0 aliphatic rings. The number of carbonyl (C=O) groups is 2. The first-order valence-corrected chi connectivity index (χ1v) is 8.44. The van der Waals surface area contributed by atoms with Crippen LogP contribution in [0.4, 0.5) is 5.69 Å². The molecule has 0 unspecified atom stereocenters. The topological polar surface area (TPSA) is 102 Å². The molecule has 0 saturated heterocycles. The Hall–Kier alpha value is -3.42. The van der Waals surface area contributed by atoms with Gasteiger partial charge in [0.2, 0.25) is 0 Å². The van der Waals surface area contributed by atoms with Crippen molar-refractivity contribution in [1.82, 2.24) is 19.6 Å². The van der Waals surface area contributed by atoms with E-state index in [1.54, 1.807) is 14.0 Å². The third-order valence-electron chi connectivity index (χ3n) is 4.35. The SMILES string of the molecule is Cc1ccc(Cn2nc(C)c(NC(=O)c3cn(C)nc3C(=O)O)c2C)cc1.